The molecule has 0 bridgehead atoms. The van der Waals surface area contributed by atoms with Crippen LogP contribution in [0.4, 0.5) is 15.8 Å². The Labute approximate surface area is 121 Å². The van der Waals surface area contributed by atoms with Crippen LogP contribution in [0.2, 0.25) is 5.02 Å². The molecule has 0 fully saturated rings. The van der Waals surface area contributed by atoms with Crippen LogP contribution in [0.3, 0.4) is 0 Å². The van der Waals surface area contributed by atoms with E-state index >= 15 is 0 Å². The lowest BCUT2D eigenvalue weighted by atomic mass is 10.3. The largest absolute Gasteiger partial charge is 0.384 e. The van der Waals surface area contributed by atoms with Crippen molar-refractivity contribution >= 4 is 28.9 Å². The summed E-state index contributed by atoms with van der Waals surface area (Å²) >= 11 is 5.85. The molecular weight excluding hydrogens is 279 g/mol. The van der Waals surface area contributed by atoms with Gasteiger partial charge in [-0.25, -0.2) is 4.39 Å². The zero-order valence-electron chi connectivity index (χ0n) is 10.7. The van der Waals surface area contributed by atoms with Crippen molar-refractivity contribution in [1.82, 2.24) is 0 Å². The summed E-state index contributed by atoms with van der Waals surface area (Å²) in [5.74, 6) is -0.551. The number of hydrogen-bond donors (Lipinski definition) is 2. The Balaban J connectivity index is 1.78. The van der Waals surface area contributed by atoms with Gasteiger partial charge < -0.3 is 10.6 Å². The highest BCUT2D eigenvalue weighted by Crippen LogP contribution is 2.15. The predicted molar refractivity (Wildman–Crippen MR) is 79.6 cm³/mol. The molecule has 0 heterocycles. The van der Waals surface area contributed by atoms with Crippen molar-refractivity contribution < 1.29 is 9.18 Å². The third kappa shape index (κ3) is 4.55. The van der Waals surface area contributed by atoms with Crippen LogP contribution in [0.15, 0.2) is 48.5 Å². The molecule has 20 heavy (non-hydrogen) atoms. The van der Waals surface area contributed by atoms with Crippen LogP contribution in [0, 0.1) is 5.82 Å². The third-order valence-corrected chi connectivity index (χ3v) is 2.85. The second-order valence-corrected chi connectivity index (χ2v) is 4.68. The Morgan fingerprint density at radius 2 is 1.85 bits per heavy atom. The lowest BCUT2D eigenvalue weighted by molar-refractivity contribution is -0.115. The fraction of sp³-hybridized carbons (Fsp3) is 0.133. The van der Waals surface area contributed by atoms with Crippen molar-refractivity contribution in [2.75, 3.05) is 17.2 Å². The summed E-state index contributed by atoms with van der Waals surface area (Å²) in [6, 6.07) is 13.1. The molecule has 5 heteroatoms. The number of amides is 1. The Morgan fingerprint density at radius 3 is 2.60 bits per heavy atom. The van der Waals surface area contributed by atoms with Gasteiger partial charge in [0.1, 0.15) is 5.82 Å². The molecule has 2 rings (SSSR count). The van der Waals surface area contributed by atoms with E-state index in [1.54, 1.807) is 24.3 Å². The number of carbonyl (C=O) groups excluding carboxylic acids is 1. The first-order valence-corrected chi connectivity index (χ1v) is 6.56. The van der Waals surface area contributed by atoms with E-state index in [2.05, 4.69) is 10.6 Å². The van der Waals surface area contributed by atoms with Gasteiger partial charge in [0.15, 0.2) is 0 Å². The number of carbonyl (C=O) groups is 1. The highest BCUT2D eigenvalue weighted by atomic mass is 35.5. The highest BCUT2D eigenvalue weighted by molar-refractivity contribution is 6.30. The maximum Gasteiger partial charge on any atom is 0.226 e. The van der Waals surface area contributed by atoms with Gasteiger partial charge in [0, 0.05) is 29.4 Å². The molecule has 0 radical (unpaired) electrons. The van der Waals surface area contributed by atoms with E-state index in [9.17, 15) is 9.18 Å². The van der Waals surface area contributed by atoms with Gasteiger partial charge in [0.05, 0.1) is 0 Å². The van der Waals surface area contributed by atoms with Crippen LogP contribution in [0.5, 0.6) is 0 Å². The second-order valence-electron chi connectivity index (χ2n) is 4.25. The average Bonchev–Trinajstić information content (AvgIpc) is 2.38. The molecule has 2 aromatic rings. The smallest absolute Gasteiger partial charge is 0.226 e. The summed E-state index contributed by atoms with van der Waals surface area (Å²) < 4.78 is 13.0. The average molecular weight is 293 g/mol. The zero-order valence-corrected chi connectivity index (χ0v) is 11.5. The minimum Gasteiger partial charge on any atom is -0.384 e. The fourth-order valence-electron chi connectivity index (χ4n) is 1.71. The van der Waals surface area contributed by atoms with Gasteiger partial charge in [-0.15, -0.1) is 0 Å². The third-order valence-electron chi connectivity index (χ3n) is 2.61. The number of rotatable bonds is 5. The highest BCUT2D eigenvalue weighted by Gasteiger charge is 2.03. The molecule has 0 aliphatic rings. The summed E-state index contributed by atoms with van der Waals surface area (Å²) in [5.41, 5.74) is 1.31. The lowest BCUT2D eigenvalue weighted by Crippen LogP contribution is -2.16. The van der Waals surface area contributed by atoms with Gasteiger partial charge in [0.25, 0.3) is 0 Å². The molecule has 0 atom stereocenters. The first kappa shape index (κ1) is 14.3. The monoisotopic (exact) mass is 292 g/mol. The van der Waals surface area contributed by atoms with Crippen molar-refractivity contribution in [1.29, 1.82) is 0 Å². The van der Waals surface area contributed by atoms with E-state index in [-0.39, 0.29) is 18.1 Å². The standard InChI is InChI=1S/C15H14ClFN2O/c16-11-3-1-5-13(9-11)18-8-7-15(20)19-14-6-2-4-12(17)10-14/h1-6,9-10,18H,7-8H2,(H,19,20). The molecule has 3 nitrogen and oxygen atoms in total. The van der Waals surface area contributed by atoms with Crippen molar-refractivity contribution in [2.45, 2.75) is 6.42 Å². The molecule has 0 aromatic heterocycles. The number of nitrogens with one attached hydrogen (secondary N) is 2. The van der Waals surface area contributed by atoms with Gasteiger partial charge in [0.2, 0.25) is 5.91 Å². The van der Waals surface area contributed by atoms with Gasteiger partial charge in [-0.3, -0.25) is 4.79 Å². The maximum absolute atomic E-state index is 13.0. The van der Waals surface area contributed by atoms with Crippen molar-refractivity contribution in [3.05, 3.63) is 59.4 Å². The number of halogens is 2. The summed E-state index contributed by atoms with van der Waals surface area (Å²) in [6.07, 6.45) is 0.281. The fourth-order valence-corrected chi connectivity index (χ4v) is 1.90. The quantitative estimate of drug-likeness (QED) is 0.877. The molecule has 1 amide bonds. The SMILES string of the molecule is O=C(CCNc1cccc(Cl)c1)Nc1cccc(F)c1. The van der Waals surface area contributed by atoms with Crippen molar-refractivity contribution in [3.8, 4) is 0 Å². The van der Waals surface area contributed by atoms with Crippen LogP contribution in [-0.2, 0) is 4.79 Å². The first-order chi connectivity index (χ1) is 9.63. The molecule has 0 aliphatic heterocycles. The van der Waals surface area contributed by atoms with E-state index in [1.807, 2.05) is 12.1 Å². The maximum atomic E-state index is 13.0. The summed E-state index contributed by atoms with van der Waals surface area (Å²) in [7, 11) is 0. The summed E-state index contributed by atoms with van der Waals surface area (Å²) in [6.45, 7) is 0.474. The topological polar surface area (TPSA) is 41.1 Å². The van der Waals surface area contributed by atoms with Crippen molar-refractivity contribution in [3.63, 3.8) is 0 Å². The van der Waals surface area contributed by atoms with Crippen LogP contribution in [0.25, 0.3) is 0 Å². The molecular formula is C15H14ClFN2O. The van der Waals surface area contributed by atoms with Crippen molar-refractivity contribution in [2.24, 2.45) is 0 Å². The molecule has 0 aliphatic carbocycles. The number of benzene rings is 2. The van der Waals surface area contributed by atoms with Crippen LogP contribution >= 0.6 is 11.6 Å². The minimum absolute atomic E-state index is 0.176. The Kier molecular flexibility index (Phi) is 4.96. The Hall–Kier alpha value is -2.07. The summed E-state index contributed by atoms with van der Waals surface area (Å²) in [5, 5.41) is 6.37. The molecule has 0 spiro atoms. The lowest BCUT2D eigenvalue weighted by Gasteiger charge is -2.07. The van der Waals surface area contributed by atoms with Crippen LogP contribution in [0.1, 0.15) is 6.42 Å². The first-order valence-electron chi connectivity index (χ1n) is 6.18. The molecule has 2 N–H and O–H groups in total. The molecule has 0 saturated carbocycles. The predicted octanol–water partition coefficient (Wildman–Crippen LogP) is 3.92. The van der Waals surface area contributed by atoms with Gasteiger partial charge in [-0.1, -0.05) is 23.7 Å². The Morgan fingerprint density at radius 1 is 1.10 bits per heavy atom. The molecule has 2 aromatic carbocycles. The zero-order chi connectivity index (χ0) is 14.4. The van der Waals surface area contributed by atoms with E-state index < -0.39 is 0 Å². The second kappa shape index (κ2) is 6.91. The summed E-state index contributed by atoms with van der Waals surface area (Å²) in [4.78, 5) is 11.7. The van der Waals surface area contributed by atoms with E-state index in [0.717, 1.165) is 5.69 Å². The van der Waals surface area contributed by atoms with E-state index in [4.69, 9.17) is 11.6 Å². The van der Waals surface area contributed by atoms with Crippen LogP contribution in [-0.4, -0.2) is 12.5 Å². The number of anilines is 2. The van der Waals surface area contributed by atoms with Gasteiger partial charge in [-0.05, 0) is 36.4 Å². The number of hydrogen-bond acceptors (Lipinski definition) is 2. The Bertz CT molecular complexity index is 604. The van der Waals surface area contributed by atoms with Crippen LogP contribution < -0.4 is 10.6 Å². The normalized spacial score (nSPS) is 10.1. The molecule has 0 unspecified atom stereocenters. The minimum atomic E-state index is -0.375. The van der Waals surface area contributed by atoms with Gasteiger partial charge in [-0.2, -0.15) is 0 Å². The van der Waals surface area contributed by atoms with E-state index in [0.29, 0.717) is 17.3 Å². The van der Waals surface area contributed by atoms with Gasteiger partial charge >= 0.3 is 0 Å². The van der Waals surface area contributed by atoms with E-state index in [1.165, 1.54) is 12.1 Å². The molecule has 104 valence electrons. The molecule has 0 saturated heterocycles.